The van der Waals surface area contributed by atoms with Gasteiger partial charge in [0, 0.05) is 6.07 Å². The maximum Gasteiger partial charge on any atom is 0.416 e. The summed E-state index contributed by atoms with van der Waals surface area (Å²) in [7, 11) is 0. The van der Waals surface area contributed by atoms with E-state index in [2.05, 4.69) is 0 Å². The Morgan fingerprint density at radius 1 is 1.18 bits per heavy atom. The molecule has 2 aromatic carbocycles. The smallest absolute Gasteiger partial charge is 0.416 e. The number of aliphatic carboxylic acids is 1. The summed E-state index contributed by atoms with van der Waals surface area (Å²) < 4.78 is 50.0. The molecule has 1 aromatic heterocycles. The lowest BCUT2D eigenvalue weighted by molar-refractivity contribution is -0.139. The molecule has 3 aromatic rings. The van der Waals surface area contributed by atoms with Crippen LogP contribution in [0.25, 0.3) is 22.3 Å². The van der Waals surface area contributed by atoms with E-state index in [0.717, 1.165) is 24.3 Å². The van der Waals surface area contributed by atoms with Crippen LogP contribution in [0.15, 0.2) is 51.7 Å². The summed E-state index contributed by atoms with van der Waals surface area (Å²) in [5.74, 6) is -1.48. The van der Waals surface area contributed by atoms with Gasteiger partial charge >= 0.3 is 12.1 Å². The molecule has 0 spiro atoms. The van der Waals surface area contributed by atoms with Crippen molar-refractivity contribution in [3.05, 3.63) is 63.3 Å². The number of fused-ring (bicyclic) bond motifs is 1. The minimum absolute atomic E-state index is 0.0513. The SMILES string of the molecule is O=C(O)CCOc1cc(C(F)(F)F)ccc1-c1cc(=O)c2cccc(Cl)c2o1. The number of hydrogen-bond donors (Lipinski definition) is 1. The molecule has 0 aliphatic rings. The van der Waals surface area contributed by atoms with E-state index in [9.17, 15) is 22.8 Å². The average Bonchev–Trinajstić information content (AvgIpc) is 2.61. The summed E-state index contributed by atoms with van der Waals surface area (Å²) >= 11 is 6.05. The van der Waals surface area contributed by atoms with Gasteiger partial charge in [-0.3, -0.25) is 9.59 Å². The van der Waals surface area contributed by atoms with E-state index in [0.29, 0.717) is 0 Å². The Morgan fingerprint density at radius 2 is 1.93 bits per heavy atom. The van der Waals surface area contributed by atoms with Gasteiger partial charge in [0.15, 0.2) is 11.0 Å². The molecule has 1 N–H and O–H groups in total. The molecule has 28 heavy (non-hydrogen) atoms. The molecule has 146 valence electrons. The molecule has 3 rings (SSSR count). The Balaban J connectivity index is 2.14. The quantitative estimate of drug-likeness (QED) is 0.639. The van der Waals surface area contributed by atoms with Crippen LogP contribution < -0.4 is 10.2 Å². The van der Waals surface area contributed by atoms with Gasteiger partial charge in [-0.1, -0.05) is 17.7 Å². The number of ether oxygens (including phenoxy) is 1. The van der Waals surface area contributed by atoms with Gasteiger partial charge in [-0.05, 0) is 30.3 Å². The monoisotopic (exact) mass is 412 g/mol. The highest BCUT2D eigenvalue weighted by Gasteiger charge is 2.31. The number of halogens is 4. The second-order valence-corrected chi connectivity index (χ2v) is 6.20. The van der Waals surface area contributed by atoms with Crippen molar-refractivity contribution in [1.29, 1.82) is 0 Å². The van der Waals surface area contributed by atoms with Crippen molar-refractivity contribution in [2.75, 3.05) is 6.61 Å². The number of hydrogen-bond acceptors (Lipinski definition) is 4. The van der Waals surface area contributed by atoms with E-state index in [1.807, 2.05) is 0 Å². The Bertz CT molecular complexity index is 1100. The predicted molar refractivity (Wildman–Crippen MR) is 95.7 cm³/mol. The van der Waals surface area contributed by atoms with Crippen LogP contribution in [0.2, 0.25) is 5.02 Å². The molecule has 0 atom stereocenters. The summed E-state index contributed by atoms with van der Waals surface area (Å²) in [6, 6.07) is 8.34. The number of alkyl halides is 3. The minimum atomic E-state index is -4.63. The second kappa shape index (κ2) is 7.55. The number of carboxylic acids is 1. The fourth-order valence-corrected chi connectivity index (χ4v) is 2.76. The fraction of sp³-hybridized carbons (Fsp3) is 0.158. The Morgan fingerprint density at radius 3 is 2.61 bits per heavy atom. The third-order valence-corrected chi connectivity index (χ3v) is 4.15. The van der Waals surface area contributed by atoms with E-state index in [1.54, 1.807) is 6.07 Å². The van der Waals surface area contributed by atoms with Gasteiger partial charge in [0.05, 0.1) is 34.6 Å². The molecular weight excluding hydrogens is 401 g/mol. The molecule has 0 bridgehead atoms. The van der Waals surface area contributed by atoms with Gasteiger partial charge in [0.25, 0.3) is 0 Å². The van der Waals surface area contributed by atoms with Crippen molar-refractivity contribution in [1.82, 2.24) is 0 Å². The molecule has 0 aliphatic heterocycles. The van der Waals surface area contributed by atoms with Gasteiger partial charge in [0.1, 0.15) is 11.5 Å². The summed E-state index contributed by atoms with van der Waals surface area (Å²) in [6.07, 6.45) is -5.04. The average molecular weight is 413 g/mol. The lowest BCUT2D eigenvalue weighted by Crippen LogP contribution is -2.09. The van der Waals surface area contributed by atoms with E-state index >= 15 is 0 Å². The van der Waals surface area contributed by atoms with Gasteiger partial charge in [-0.2, -0.15) is 13.2 Å². The highest BCUT2D eigenvalue weighted by Crippen LogP contribution is 2.38. The topological polar surface area (TPSA) is 76.7 Å². The molecule has 0 saturated heterocycles. The predicted octanol–water partition coefficient (Wildman–Crippen LogP) is 4.99. The Kier molecular flexibility index (Phi) is 5.33. The van der Waals surface area contributed by atoms with E-state index < -0.39 is 29.6 Å². The van der Waals surface area contributed by atoms with Crippen molar-refractivity contribution in [2.24, 2.45) is 0 Å². The van der Waals surface area contributed by atoms with Crippen molar-refractivity contribution in [2.45, 2.75) is 12.6 Å². The molecule has 0 radical (unpaired) electrons. The van der Waals surface area contributed by atoms with Crippen LogP contribution in [0.1, 0.15) is 12.0 Å². The van der Waals surface area contributed by atoms with Crippen LogP contribution in [0.5, 0.6) is 5.75 Å². The Labute approximate surface area is 160 Å². The maximum absolute atomic E-state index is 13.0. The van der Waals surface area contributed by atoms with E-state index in [4.69, 9.17) is 25.9 Å². The normalized spacial score (nSPS) is 11.6. The molecule has 0 saturated carbocycles. The van der Waals surface area contributed by atoms with Crippen molar-refractivity contribution in [3.8, 4) is 17.1 Å². The number of para-hydroxylation sites is 1. The zero-order valence-corrected chi connectivity index (χ0v) is 14.8. The molecule has 1 heterocycles. The van der Waals surface area contributed by atoms with E-state index in [1.165, 1.54) is 12.1 Å². The number of rotatable bonds is 5. The Hall–Kier alpha value is -3.00. The number of carboxylic acid groups (broad SMARTS) is 1. The van der Waals surface area contributed by atoms with Crippen LogP contribution in [-0.2, 0) is 11.0 Å². The number of benzene rings is 2. The van der Waals surface area contributed by atoms with Crippen LogP contribution >= 0.6 is 11.6 Å². The highest BCUT2D eigenvalue weighted by atomic mass is 35.5. The van der Waals surface area contributed by atoms with Gasteiger partial charge in [-0.25, -0.2) is 0 Å². The molecular formula is C19H12ClF3O5. The molecule has 0 unspecified atom stereocenters. The molecule has 9 heteroatoms. The standard InChI is InChI=1S/C19H12ClF3O5/c20-13-3-1-2-11-14(24)9-16(28-18(11)13)12-5-4-10(19(21,22)23)8-15(12)27-7-6-17(25)26/h1-5,8-9H,6-7H2,(H,25,26). The first-order valence-corrected chi connectivity index (χ1v) is 8.33. The highest BCUT2D eigenvalue weighted by molar-refractivity contribution is 6.34. The summed E-state index contributed by atoms with van der Waals surface area (Å²) in [6.45, 7) is -0.359. The van der Waals surface area contributed by atoms with Gasteiger partial charge < -0.3 is 14.3 Å². The molecule has 0 fully saturated rings. The summed E-state index contributed by atoms with van der Waals surface area (Å²) in [5, 5.41) is 9.10. The molecule has 5 nitrogen and oxygen atoms in total. The summed E-state index contributed by atoms with van der Waals surface area (Å²) in [5.41, 5.74) is -1.27. The second-order valence-electron chi connectivity index (χ2n) is 5.79. The third-order valence-electron chi connectivity index (χ3n) is 3.85. The van der Waals surface area contributed by atoms with Crippen LogP contribution in [0.3, 0.4) is 0 Å². The van der Waals surface area contributed by atoms with Crippen molar-refractivity contribution >= 4 is 28.5 Å². The largest absolute Gasteiger partial charge is 0.492 e. The zero-order chi connectivity index (χ0) is 20.5. The lowest BCUT2D eigenvalue weighted by Gasteiger charge is -2.14. The van der Waals surface area contributed by atoms with Crippen LogP contribution in [0, 0.1) is 0 Å². The fourth-order valence-electron chi connectivity index (χ4n) is 2.55. The maximum atomic E-state index is 13.0. The zero-order valence-electron chi connectivity index (χ0n) is 14.0. The number of carbonyl (C=O) groups is 1. The van der Waals surface area contributed by atoms with Crippen molar-refractivity contribution < 1.29 is 32.2 Å². The summed E-state index contributed by atoms with van der Waals surface area (Å²) in [4.78, 5) is 23.0. The lowest BCUT2D eigenvalue weighted by atomic mass is 10.1. The molecule has 0 aliphatic carbocycles. The molecule has 0 amide bonds. The van der Waals surface area contributed by atoms with Crippen molar-refractivity contribution in [3.63, 3.8) is 0 Å². The van der Waals surface area contributed by atoms with E-state index in [-0.39, 0.29) is 39.7 Å². The first-order chi connectivity index (χ1) is 13.2. The first kappa shape index (κ1) is 19.8. The third kappa shape index (κ3) is 4.12. The van der Waals surface area contributed by atoms with Crippen LogP contribution in [0.4, 0.5) is 13.2 Å². The van der Waals surface area contributed by atoms with Crippen LogP contribution in [-0.4, -0.2) is 17.7 Å². The van der Waals surface area contributed by atoms with Gasteiger partial charge in [0.2, 0.25) is 0 Å². The van der Waals surface area contributed by atoms with Gasteiger partial charge in [-0.15, -0.1) is 0 Å². The minimum Gasteiger partial charge on any atom is -0.492 e. The first-order valence-electron chi connectivity index (χ1n) is 7.95.